The van der Waals surface area contributed by atoms with Crippen LogP contribution in [0, 0.1) is 0 Å². The number of halogens is 2. The molecule has 0 aliphatic heterocycles. The van der Waals surface area contributed by atoms with E-state index in [1.807, 2.05) is 0 Å². The second-order valence-corrected chi connectivity index (χ2v) is 18.4. The Hall–Kier alpha value is -2.22. The average molecular weight is 769 g/mol. The Morgan fingerprint density at radius 3 is 1.83 bits per heavy atom. The van der Waals surface area contributed by atoms with Crippen LogP contribution >= 0.6 is 17.0 Å². The molecule has 1 aliphatic carbocycles. The Morgan fingerprint density at radius 2 is 1.27 bits per heavy atom. The Bertz CT molecular complexity index is 1800. The predicted octanol–water partition coefficient (Wildman–Crippen LogP) is 14.5. The van der Waals surface area contributed by atoms with Gasteiger partial charge in [-0.1, -0.05) is 132 Å². The number of rotatable bonds is 4. The van der Waals surface area contributed by atoms with Gasteiger partial charge in [0.15, 0.2) is 0 Å². The van der Waals surface area contributed by atoms with Crippen LogP contribution in [0.5, 0.6) is 0 Å². The van der Waals surface area contributed by atoms with Gasteiger partial charge in [-0.05, 0) is 52.8 Å². The van der Waals surface area contributed by atoms with E-state index in [0.717, 1.165) is 21.9 Å². The van der Waals surface area contributed by atoms with Gasteiger partial charge in [-0.2, -0.15) is 18.2 Å². The molecule has 7 rings (SSSR count). The number of hydrogen-bond acceptors (Lipinski definition) is 0. The summed E-state index contributed by atoms with van der Waals surface area (Å²) in [6, 6.07) is 42.7. The van der Waals surface area contributed by atoms with E-state index >= 15 is 0 Å². The fourth-order valence-corrected chi connectivity index (χ4v) is 6.69. The van der Waals surface area contributed by atoms with Gasteiger partial charge in [0.25, 0.3) is 0 Å². The standard InChI is InChI=1S/C23H25.C19H19.C2H6Si.2ClH.Zr/c1-2-17-15-21-9-6-10-22(23(21)16-17)20-13-11-19(12-14-20)18-7-4-3-5-8-18;1-19(2,3)16-12-10-15(11-13-16)18-9-5-7-14-6-4-8-17(14)18;1-3-2;;;/h6,9-16,18H,2-5,7-8H2,1H3;4-13H,1-3H3;1-2H3;2*1H;/q2*-1;;;;+4/p-2. The van der Waals surface area contributed by atoms with E-state index in [-0.39, 0.29) is 5.41 Å². The molecule has 6 aromatic rings. The third kappa shape index (κ3) is 10.4. The molecule has 2 radical (unpaired) electrons. The van der Waals surface area contributed by atoms with Crippen molar-refractivity contribution in [2.75, 3.05) is 0 Å². The molecule has 0 nitrogen and oxygen atoms in total. The summed E-state index contributed by atoms with van der Waals surface area (Å²) >= 11 is -0.826. The molecule has 0 N–H and O–H groups in total. The molecular weight excluding hydrogens is 719 g/mol. The number of aryl methyl sites for hydroxylation is 1. The maximum absolute atomic E-state index is 4.93. The van der Waals surface area contributed by atoms with Gasteiger partial charge in [0, 0.05) is 9.52 Å². The van der Waals surface area contributed by atoms with Gasteiger partial charge in [0.2, 0.25) is 0 Å². The van der Waals surface area contributed by atoms with Crippen LogP contribution in [-0.4, -0.2) is 9.52 Å². The van der Waals surface area contributed by atoms with Crippen LogP contribution in [0.1, 0.15) is 82.4 Å². The minimum absolute atomic E-state index is 0.213. The zero-order valence-electron chi connectivity index (χ0n) is 29.5. The van der Waals surface area contributed by atoms with Gasteiger partial charge in [-0.25, -0.2) is 0 Å². The first-order valence-corrected chi connectivity index (χ1v) is 25.7. The van der Waals surface area contributed by atoms with Crippen molar-refractivity contribution in [3.63, 3.8) is 0 Å². The van der Waals surface area contributed by atoms with Crippen LogP contribution in [0.15, 0.2) is 115 Å². The van der Waals surface area contributed by atoms with E-state index in [4.69, 9.17) is 17.0 Å². The molecule has 1 aliphatic rings. The molecule has 0 saturated heterocycles. The summed E-state index contributed by atoms with van der Waals surface area (Å²) < 4.78 is 0. The van der Waals surface area contributed by atoms with Crippen molar-refractivity contribution in [1.29, 1.82) is 0 Å². The molecule has 4 heteroatoms. The second kappa shape index (κ2) is 19.2. The van der Waals surface area contributed by atoms with Crippen molar-refractivity contribution in [1.82, 2.24) is 0 Å². The van der Waals surface area contributed by atoms with E-state index in [0.29, 0.717) is 0 Å². The first-order valence-electron chi connectivity index (χ1n) is 17.3. The van der Waals surface area contributed by atoms with Crippen LogP contribution in [0.2, 0.25) is 13.1 Å². The zero-order valence-corrected chi connectivity index (χ0v) is 34.5. The van der Waals surface area contributed by atoms with Crippen LogP contribution in [0.4, 0.5) is 0 Å². The minimum atomic E-state index is -0.826. The Morgan fingerprint density at radius 1 is 0.729 bits per heavy atom. The molecule has 0 atom stereocenters. The summed E-state index contributed by atoms with van der Waals surface area (Å²) in [6.45, 7) is 13.3. The first kappa shape index (κ1) is 38.6. The first-order chi connectivity index (χ1) is 23.2. The SMILES string of the molecule is CC(C)(C)c1ccc(-c2cccc3[cH-]ccc23)cc1.CCc1cc2c(-c3ccc(C4CCCCC4)cc3)cccc2[cH-]1.C[Si]C.[Cl][Zr+2][Cl]. The summed E-state index contributed by atoms with van der Waals surface area (Å²) in [5, 5.41) is 5.42. The second-order valence-electron chi connectivity index (χ2n) is 13.7. The van der Waals surface area contributed by atoms with Gasteiger partial charge in [-0.15, -0.1) is 63.5 Å². The fourth-order valence-electron chi connectivity index (χ4n) is 6.69. The maximum atomic E-state index is 4.93. The molecule has 248 valence electrons. The van der Waals surface area contributed by atoms with Crippen LogP contribution < -0.4 is 0 Å². The predicted molar refractivity (Wildman–Crippen MR) is 213 cm³/mol. The van der Waals surface area contributed by atoms with Crippen LogP contribution in [0.25, 0.3) is 43.8 Å². The van der Waals surface area contributed by atoms with E-state index in [1.165, 1.54) is 92.6 Å². The molecule has 0 unspecified atom stereocenters. The summed E-state index contributed by atoms with van der Waals surface area (Å²) in [5.41, 5.74) is 9.91. The molecule has 1 saturated carbocycles. The van der Waals surface area contributed by atoms with E-state index in [2.05, 4.69) is 156 Å². The Labute approximate surface area is 311 Å². The number of benzene rings is 4. The van der Waals surface area contributed by atoms with E-state index in [1.54, 1.807) is 0 Å². The van der Waals surface area contributed by atoms with Gasteiger partial charge in [0.1, 0.15) is 0 Å². The average Bonchev–Trinajstić information content (AvgIpc) is 3.77. The Kier molecular flexibility index (Phi) is 15.5. The zero-order chi connectivity index (χ0) is 34.5. The van der Waals surface area contributed by atoms with Gasteiger partial charge in [-0.3, -0.25) is 0 Å². The van der Waals surface area contributed by atoms with E-state index < -0.39 is 20.8 Å². The van der Waals surface area contributed by atoms with Gasteiger partial charge in [0.05, 0.1) is 0 Å². The molecule has 0 heterocycles. The van der Waals surface area contributed by atoms with Gasteiger partial charge >= 0.3 is 37.9 Å². The normalized spacial score (nSPS) is 13.0. The summed E-state index contributed by atoms with van der Waals surface area (Å²) in [4.78, 5) is 0. The molecule has 6 aromatic carbocycles. The summed E-state index contributed by atoms with van der Waals surface area (Å²) in [6.07, 6.45) is 8.08. The third-order valence-electron chi connectivity index (χ3n) is 9.26. The molecule has 0 spiro atoms. The van der Waals surface area contributed by atoms with Gasteiger partial charge < -0.3 is 0 Å². The van der Waals surface area contributed by atoms with Crippen LogP contribution in [-0.2, 0) is 32.7 Å². The van der Waals surface area contributed by atoms with E-state index in [9.17, 15) is 0 Å². The van der Waals surface area contributed by atoms with Crippen molar-refractivity contribution in [3.05, 3.63) is 132 Å². The van der Waals surface area contributed by atoms with Crippen molar-refractivity contribution in [2.45, 2.75) is 90.6 Å². The number of fused-ring (bicyclic) bond motifs is 2. The topological polar surface area (TPSA) is 0 Å². The van der Waals surface area contributed by atoms with Crippen molar-refractivity contribution < 1.29 is 20.8 Å². The van der Waals surface area contributed by atoms with Crippen molar-refractivity contribution >= 4 is 48.1 Å². The van der Waals surface area contributed by atoms with Crippen LogP contribution in [0.3, 0.4) is 0 Å². The van der Waals surface area contributed by atoms with Crippen molar-refractivity contribution in [3.8, 4) is 22.3 Å². The molecule has 48 heavy (non-hydrogen) atoms. The summed E-state index contributed by atoms with van der Waals surface area (Å²) in [7, 11) is 11.0. The number of hydrogen-bond donors (Lipinski definition) is 0. The quantitative estimate of drug-likeness (QED) is 0.124. The monoisotopic (exact) mass is 766 g/mol. The summed E-state index contributed by atoms with van der Waals surface area (Å²) in [5.74, 6) is 0.791. The molecular formula is C44H50Cl2SiZr. The molecule has 0 bridgehead atoms. The molecule has 1 fully saturated rings. The third-order valence-corrected chi connectivity index (χ3v) is 9.26. The van der Waals surface area contributed by atoms with Crippen molar-refractivity contribution in [2.24, 2.45) is 0 Å². The molecule has 0 aromatic heterocycles. The molecule has 0 amide bonds. The fraction of sp³-hybridized carbons (Fsp3) is 0.318. The Balaban J connectivity index is 0.000000189.